The van der Waals surface area contributed by atoms with Crippen LogP contribution in [0, 0.1) is 0 Å². The van der Waals surface area contributed by atoms with Gasteiger partial charge in [0.05, 0.1) is 6.61 Å². The van der Waals surface area contributed by atoms with E-state index < -0.39 is 0 Å². The van der Waals surface area contributed by atoms with Crippen molar-refractivity contribution in [2.45, 2.75) is 0 Å². The summed E-state index contributed by atoms with van der Waals surface area (Å²) in [5.41, 5.74) is 1.04. The lowest BCUT2D eigenvalue weighted by Gasteiger charge is -2.07. The minimum Gasteiger partial charge on any atom is -0.382 e. The first kappa shape index (κ1) is 9.03. The van der Waals surface area contributed by atoms with E-state index in [2.05, 4.69) is 23.5 Å². The number of benzene rings is 2. The Bertz CT molecular complexity index is 420. The van der Waals surface area contributed by atoms with Gasteiger partial charge in [0.15, 0.2) is 0 Å². The summed E-state index contributed by atoms with van der Waals surface area (Å²) in [6.45, 7) is 0.386. The second kappa shape index (κ2) is 4.11. The summed E-state index contributed by atoms with van der Waals surface area (Å²) in [6.07, 6.45) is 0. The van der Waals surface area contributed by atoms with Gasteiger partial charge in [-0.3, -0.25) is 0 Å². The highest BCUT2D eigenvalue weighted by Crippen LogP contribution is 2.22. The van der Waals surface area contributed by atoms with Gasteiger partial charge in [-0.2, -0.15) is 0 Å². The Labute approximate surface area is 83.2 Å². The van der Waals surface area contributed by atoms with Crippen LogP contribution in [-0.2, 0) is 5.11 Å². The Morgan fingerprint density at radius 2 is 1.79 bits per heavy atom. The predicted molar refractivity (Wildman–Crippen MR) is 58.0 cm³/mol. The first-order valence-electron chi connectivity index (χ1n) is 4.71. The number of nitrogens with one attached hydrogen (secondary N) is 1. The van der Waals surface area contributed by atoms with Crippen molar-refractivity contribution in [1.82, 2.24) is 0 Å². The maximum atomic E-state index is 10.4. The third-order valence-corrected chi connectivity index (χ3v) is 2.21. The third kappa shape index (κ3) is 1.70. The lowest BCUT2D eigenvalue weighted by Crippen LogP contribution is -2.04. The van der Waals surface area contributed by atoms with Crippen molar-refractivity contribution in [3.05, 3.63) is 42.5 Å². The molecule has 14 heavy (non-hydrogen) atoms. The minimum atomic E-state index is -0.0940. The molecule has 0 aliphatic carbocycles. The molecule has 0 bridgehead atoms. The van der Waals surface area contributed by atoms with Gasteiger partial charge >= 0.3 is 0 Å². The van der Waals surface area contributed by atoms with Crippen molar-refractivity contribution in [2.24, 2.45) is 0 Å². The molecule has 0 amide bonds. The molecule has 0 heterocycles. The van der Waals surface area contributed by atoms with Crippen LogP contribution in [0.2, 0.25) is 0 Å². The smallest absolute Gasteiger partial charge is 0.0994 e. The summed E-state index contributed by atoms with van der Waals surface area (Å²) >= 11 is 0. The Hall–Kier alpha value is -1.54. The Morgan fingerprint density at radius 1 is 1.00 bits per heavy atom. The van der Waals surface area contributed by atoms with Crippen molar-refractivity contribution in [1.29, 1.82) is 0 Å². The fourth-order valence-corrected chi connectivity index (χ4v) is 1.57. The lowest BCUT2D eigenvalue weighted by atomic mass is 10.1. The van der Waals surface area contributed by atoms with E-state index in [4.69, 9.17) is 0 Å². The van der Waals surface area contributed by atoms with Crippen LogP contribution in [0.15, 0.2) is 42.5 Å². The highest BCUT2D eigenvalue weighted by molar-refractivity contribution is 5.93. The van der Waals surface area contributed by atoms with Crippen LogP contribution in [0.5, 0.6) is 0 Å². The highest BCUT2D eigenvalue weighted by Gasteiger charge is 1.97. The molecule has 1 radical (unpaired) electrons. The number of anilines is 1. The van der Waals surface area contributed by atoms with Gasteiger partial charge in [0.2, 0.25) is 0 Å². The van der Waals surface area contributed by atoms with E-state index in [1.54, 1.807) is 0 Å². The van der Waals surface area contributed by atoms with Gasteiger partial charge < -0.3 is 5.32 Å². The van der Waals surface area contributed by atoms with Crippen molar-refractivity contribution in [3.8, 4) is 0 Å². The maximum Gasteiger partial charge on any atom is 0.0994 e. The number of fused-ring (bicyclic) bond motifs is 1. The molecule has 0 atom stereocenters. The Balaban J connectivity index is 2.43. The summed E-state index contributed by atoms with van der Waals surface area (Å²) < 4.78 is 0. The summed E-state index contributed by atoms with van der Waals surface area (Å²) in [7, 11) is 0. The molecular weight excluding hydrogens is 174 g/mol. The summed E-state index contributed by atoms with van der Waals surface area (Å²) in [6, 6.07) is 14.2. The van der Waals surface area contributed by atoms with Crippen molar-refractivity contribution >= 4 is 16.5 Å². The van der Waals surface area contributed by atoms with E-state index in [0.717, 1.165) is 5.69 Å². The number of hydrogen-bond acceptors (Lipinski definition) is 1. The quantitative estimate of drug-likeness (QED) is 0.785. The molecule has 0 fully saturated rings. The molecule has 2 nitrogen and oxygen atoms in total. The van der Waals surface area contributed by atoms with E-state index in [-0.39, 0.29) is 6.61 Å². The zero-order chi connectivity index (χ0) is 9.80. The fraction of sp³-hybridized carbons (Fsp3) is 0.167. The molecule has 1 N–H and O–H groups in total. The van der Waals surface area contributed by atoms with E-state index >= 15 is 0 Å². The third-order valence-electron chi connectivity index (χ3n) is 2.21. The van der Waals surface area contributed by atoms with Gasteiger partial charge in [0.1, 0.15) is 0 Å². The van der Waals surface area contributed by atoms with Gasteiger partial charge in [-0.15, -0.1) is 0 Å². The molecule has 0 aromatic heterocycles. The average molecular weight is 186 g/mol. The number of hydrogen-bond donors (Lipinski definition) is 1. The first-order chi connectivity index (χ1) is 6.92. The zero-order valence-corrected chi connectivity index (χ0v) is 7.86. The summed E-state index contributed by atoms with van der Waals surface area (Å²) in [5, 5.41) is 15.9. The van der Waals surface area contributed by atoms with Crippen LogP contribution in [0.1, 0.15) is 0 Å². The molecule has 0 aliphatic heterocycles. The van der Waals surface area contributed by atoms with Gasteiger partial charge in [-0.05, 0) is 11.5 Å². The second-order valence-electron chi connectivity index (χ2n) is 3.16. The molecule has 0 saturated carbocycles. The van der Waals surface area contributed by atoms with Crippen LogP contribution in [0.25, 0.3) is 10.8 Å². The zero-order valence-electron chi connectivity index (χ0n) is 7.86. The molecule has 2 aromatic carbocycles. The van der Waals surface area contributed by atoms with Crippen LogP contribution in [-0.4, -0.2) is 13.2 Å². The topological polar surface area (TPSA) is 31.9 Å². The van der Waals surface area contributed by atoms with E-state index in [0.29, 0.717) is 6.54 Å². The van der Waals surface area contributed by atoms with Crippen molar-refractivity contribution in [2.75, 3.05) is 18.5 Å². The largest absolute Gasteiger partial charge is 0.382 e. The van der Waals surface area contributed by atoms with Gasteiger partial charge in [0, 0.05) is 17.6 Å². The van der Waals surface area contributed by atoms with E-state index in [1.165, 1.54) is 10.8 Å². The number of rotatable bonds is 3. The van der Waals surface area contributed by atoms with Crippen molar-refractivity contribution < 1.29 is 5.11 Å². The fourth-order valence-electron chi connectivity index (χ4n) is 1.57. The molecule has 0 unspecified atom stereocenters. The minimum absolute atomic E-state index is 0.0940. The second-order valence-corrected chi connectivity index (χ2v) is 3.16. The van der Waals surface area contributed by atoms with Gasteiger partial charge in [-0.1, -0.05) is 36.4 Å². The molecule has 2 heteroatoms. The van der Waals surface area contributed by atoms with Crippen LogP contribution in [0.4, 0.5) is 5.69 Å². The molecule has 0 saturated heterocycles. The van der Waals surface area contributed by atoms with Gasteiger partial charge in [-0.25, -0.2) is 5.11 Å². The lowest BCUT2D eigenvalue weighted by molar-refractivity contribution is 0.206. The summed E-state index contributed by atoms with van der Waals surface area (Å²) in [5.74, 6) is 0. The highest BCUT2D eigenvalue weighted by atomic mass is 16.3. The molecule has 2 aromatic rings. The average Bonchev–Trinajstić information content (AvgIpc) is 2.26. The molecule has 0 spiro atoms. The van der Waals surface area contributed by atoms with E-state index in [9.17, 15) is 5.11 Å². The first-order valence-corrected chi connectivity index (χ1v) is 4.71. The monoisotopic (exact) mass is 186 g/mol. The SMILES string of the molecule is [O]CCNc1cccc2ccccc12. The molecule has 71 valence electrons. The van der Waals surface area contributed by atoms with Crippen LogP contribution < -0.4 is 5.32 Å². The van der Waals surface area contributed by atoms with Crippen LogP contribution in [0.3, 0.4) is 0 Å². The van der Waals surface area contributed by atoms with Crippen molar-refractivity contribution in [3.63, 3.8) is 0 Å². The maximum absolute atomic E-state index is 10.4. The summed E-state index contributed by atoms with van der Waals surface area (Å²) in [4.78, 5) is 0. The normalized spacial score (nSPS) is 10.4. The Kier molecular flexibility index (Phi) is 2.65. The molecule has 0 aliphatic rings. The van der Waals surface area contributed by atoms with Crippen LogP contribution >= 0.6 is 0 Å². The predicted octanol–water partition coefficient (Wildman–Crippen LogP) is 2.68. The van der Waals surface area contributed by atoms with E-state index in [1.807, 2.05) is 24.3 Å². The standard InChI is InChI=1S/C12H12NO/c14-9-8-13-12-7-3-5-10-4-1-2-6-11(10)12/h1-7,13H,8-9H2. The molecule has 2 rings (SSSR count). The van der Waals surface area contributed by atoms with Gasteiger partial charge in [0.25, 0.3) is 0 Å². The molecular formula is C12H12NO. The Morgan fingerprint density at radius 3 is 2.64 bits per heavy atom.